The summed E-state index contributed by atoms with van der Waals surface area (Å²) in [5.74, 6) is -0.976. The Kier molecular flexibility index (Phi) is 4.25. The Bertz CT molecular complexity index is 624. The molecule has 0 bridgehead atoms. The van der Waals surface area contributed by atoms with E-state index in [4.69, 9.17) is 10.8 Å². The summed E-state index contributed by atoms with van der Waals surface area (Å²) < 4.78 is 0. The molecular weight excluding hydrogens is 252 g/mol. The lowest BCUT2D eigenvalue weighted by molar-refractivity contribution is 0.0698. The number of benzene rings is 2. The fourth-order valence-corrected chi connectivity index (χ4v) is 2.16. The van der Waals surface area contributed by atoms with E-state index in [-0.39, 0.29) is 5.56 Å². The zero-order valence-electron chi connectivity index (χ0n) is 11.4. The molecule has 0 aliphatic rings. The van der Waals surface area contributed by atoms with E-state index < -0.39 is 5.97 Å². The Morgan fingerprint density at radius 2 is 1.95 bits per heavy atom. The minimum absolute atomic E-state index is 0.204. The van der Waals surface area contributed by atoms with Crippen molar-refractivity contribution in [3.05, 3.63) is 59.2 Å². The fourth-order valence-electron chi connectivity index (χ4n) is 2.16. The Morgan fingerprint density at radius 1 is 1.20 bits per heavy atom. The number of carbonyl (C=O) groups is 1. The zero-order chi connectivity index (χ0) is 14.5. The normalized spacial score (nSPS) is 10.2. The van der Waals surface area contributed by atoms with Crippen molar-refractivity contribution >= 4 is 17.3 Å². The number of aryl methyl sites for hydroxylation is 1. The summed E-state index contributed by atoms with van der Waals surface area (Å²) in [6.07, 6.45) is 0.820. The maximum atomic E-state index is 11.2. The predicted molar refractivity (Wildman–Crippen MR) is 81.2 cm³/mol. The maximum absolute atomic E-state index is 11.2. The highest BCUT2D eigenvalue weighted by Gasteiger charge is 2.11. The van der Waals surface area contributed by atoms with Crippen molar-refractivity contribution in [3.8, 4) is 0 Å². The first-order valence-electron chi connectivity index (χ1n) is 6.49. The molecule has 0 atom stereocenters. The number of carboxylic acid groups (broad SMARTS) is 1. The molecule has 0 spiro atoms. The highest BCUT2D eigenvalue weighted by molar-refractivity contribution is 5.97. The molecule has 20 heavy (non-hydrogen) atoms. The van der Waals surface area contributed by atoms with Crippen molar-refractivity contribution in [2.75, 3.05) is 17.6 Å². The van der Waals surface area contributed by atoms with Crippen molar-refractivity contribution in [2.24, 2.45) is 0 Å². The first kappa shape index (κ1) is 13.9. The highest BCUT2D eigenvalue weighted by atomic mass is 16.4. The lowest BCUT2D eigenvalue weighted by Gasteiger charge is -2.13. The number of para-hydroxylation sites is 1. The second-order valence-corrected chi connectivity index (χ2v) is 4.68. The van der Waals surface area contributed by atoms with Gasteiger partial charge in [0.25, 0.3) is 0 Å². The topological polar surface area (TPSA) is 75.3 Å². The van der Waals surface area contributed by atoms with Gasteiger partial charge in [-0.3, -0.25) is 0 Å². The van der Waals surface area contributed by atoms with Crippen LogP contribution in [0.1, 0.15) is 21.5 Å². The van der Waals surface area contributed by atoms with Crippen LogP contribution >= 0.6 is 0 Å². The van der Waals surface area contributed by atoms with Crippen molar-refractivity contribution in [3.63, 3.8) is 0 Å². The molecule has 2 aromatic carbocycles. The van der Waals surface area contributed by atoms with Crippen LogP contribution in [-0.4, -0.2) is 17.6 Å². The molecule has 0 fully saturated rings. The van der Waals surface area contributed by atoms with E-state index in [1.54, 1.807) is 18.2 Å². The molecule has 0 heterocycles. The maximum Gasteiger partial charge on any atom is 0.337 e. The number of aromatic carboxylic acids is 1. The molecule has 4 nitrogen and oxygen atoms in total. The molecule has 0 saturated carbocycles. The van der Waals surface area contributed by atoms with Gasteiger partial charge in [-0.1, -0.05) is 30.3 Å². The van der Waals surface area contributed by atoms with Gasteiger partial charge in [-0.2, -0.15) is 0 Å². The summed E-state index contributed by atoms with van der Waals surface area (Å²) in [7, 11) is 0. The average molecular weight is 270 g/mol. The molecule has 4 N–H and O–H groups in total. The number of rotatable bonds is 5. The molecule has 0 radical (unpaired) electrons. The van der Waals surface area contributed by atoms with Crippen LogP contribution in [0.4, 0.5) is 11.4 Å². The Morgan fingerprint density at radius 3 is 2.65 bits per heavy atom. The lowest BCUT2D eigenvalue weighted by Crippen LogP contribution is -2.12. The third kappa shape index (κ3) is 3.09. The van der Waals surface area contributed by atoms with Gasteiger partial charge in [-0.15, -0.1) is 0 Å². The lowest BCUT2D eigenvalue weighted by atomic mass is 10.1. The van der Waals surface area contributed by atoms with Gasteiger partial charge >= 0.3 is 5.97 Å². The van der Waals surface area contributed by atoms with E-state index in [2.05, 4.69) is 24.4 Å². The van der Waals surface area contributed by atoms with Gasteiger partial charge in [0.2, 0.25) is 0 Å². The van der Waals surface area contributed by atoms with Gasteiger partial charge in [-0.25, -0.2) is 4.79 Å². The van der Waals surface area contributed by atoms with Crippen LogP contribution in [0.5, 0.6) is 0 Å². The van der Waals surface area contributed by atoms with Crippen LogP contribution in [0.2, 0.25) is 0 Å². The minimum atomic E-state index is -0.976. The van der Waals surface area contributed by atoms with E-state index in [1.165, 1.54) is 11.1 Å². The average Bonchev–Trinajstić information content (AvgIpc) is 2.42. The number of nitrogens with two attached hydrogens (primary N) is 1. The summed E-state index contributed by atoms with van der Waals surface area (Å²) in [6.45, 7) is 2.70. The second-order valence-electron chi connectivity index (χ2n) is 4.68. The second kappa shape index (κ2) is 6.10. The zero-order valence-corrected chi connectivity index (χ0v) is 11.4. The molecule has 0 aliphatic carbocycles. The Hall–Kier alpha value is -2.49. The minimum Gasteiger partial charge on any atom is -0.478 e. The van der Waals surface area contributed by atoms with Gasteiger partial charge < -0.3 is 16.2 Å². The van der Waals surface area contributed by atoms with Gasteiger partial charge in [-0.05, 0) is 36.6 Å². The molecule has 4 heteroatoms. The summed E-state index contributed by atoms with van der Waals surface area (Å²) in [4.78, 5) is 11.2. The van der Waals surface area contributed by atoms with E-state index >= 15 is 0 Å². The van der Waals surface area contributed by atoms with Gasteiger partial charge in [0.1, 0.15) is 0 Å². The molecule has 0 aliphatic heterocycles. The van der Waals surface area contributed by atoms with Crippen molar-refractivity contribution in [1.82, 2.24) is 0 Å². The van der Waals surface area contributed by atoms with Crippen molar-refractivity contribution in [1.29, 1.82) is 0 Å². The van der Waals surface area contributed by atoms with Crippen LogP contribution in [-0.2, 0) is 6.42 Å². The van der Waals surface area contributed by atoms with Crippen molar-refractivity contribution in [2.45, 2.75) is 13.3 Å². The molecule has 0 amide bonds. The standard InChI is InChI=1S/C16H18N2O2/c1-11-5-2-3-6-12(11)9-10-18-15-13(16(19)20)7-4-8-14(15)17/h2-8,18H,9-10,17H2,1H3,(H,19,20). The third-order valence-electron chi connectivity index (χ3n) is 3.28. The van der Waals surface area contributed by atoms with Crippen LogP contribution < -0.4 is 11.1 Å². The van der Waals surface area contributed by atoms with E-state index in [9.17, 15) is 4.79 Å². The first-order chi connectivity index (χ1) is 9.59. The van der Waals surface area contributed by atoms with E-state index in [0.29, 0.717) is 17.9 Å². The van der Waals surface area contributed by atoms with Crippen LogP contribution in [0.15, 0.2) is 42.5 Å². The summed E-state index contributed by atoms with van der Waals surface area (Å²) in [6, 6.07) is 13.0. The number of hydrogen-bond donors (Lipinski definition) is 3. The van der Waals surface area contributed by atoms with Gasteiger partial charge in [0.05, 0.1) is 16.9 Å². The SMILES string of the molecule is Cc1ccccc1CCNc1c(N)cccc1C(=O)O. The van der Waals surface area contributed by atoms with E-state index in [0.717, 1.165) is 6.42 Å². The molecule has 2 aromatic rings. The Balaban J connectivity index is 2.08. The molecule has 2 rings (SSSR count). The largest absolute Gasteiger partial charge is 0.478 e. The summed E-state index contributed by atoms with van der Waals surface area (Å²) >= 11 is 0. The molecule has 0 unspecified atom stereocenters. The van der Waals surface area contributed by atoms with E-state index in [1.807, 2.05) is 12.1 Å². The predicted octanol–water partition coefficient (Wildman–Crippen LogP) is 2.93. The number of nitrogen functional groups attached to an aromatic ring is 1. The molecule has 104 valence electrons. The summed E-state index contributed by atoms with van der Waals surface area (Å²) in [5, 5.41) is 12.3. The highest BCUT2D eigenvalue weighted by Crippen LogP contribution is 2.23. The summed E-state index contributed by atoms with van der Waals surface area (Å²) in [5.41, 5.74) is 9.47. The smallest absolute Gasteiger partial charge is 0.337 e. The van der Waals surface area contributed by atoms with Crippen molar-refractivity contribution < 1.29 is 9.90 Å². The molecule has 0 saturated heterocycles. The monoisotopic (exact) mass is 270 g/mol. The Labute approximate surface area is 118 Å². The van der Waals surface area contributed by atoms with Gasteiger partial charge in [0.15, 0.2) is 0 Å². The number of carboxylic acids is 1. The van der Waals surface area contributed by atoms with Crippen LogP contribution in [0, 0.1) is 6.92 Å². The quantitative estimate of drug-likeness (QED) is 0.730. The van der Waals surface area contributed by atoms with Crippen LogP contribution in [0.3, 0.4) is 0 Å². The number of anilines is 2. The number of nitrogens with one attached hydrogen (secondary N) is 1. The number of hydrogen-bond acceptors (Lipinski definition) is 3. The van der Waals surface area contributed by atoms with Crippen LogP contribution in [0.25, 0.3) is 0 Å². The van der Waals surface area contributed by atoms with Gasteiger partial charge in [0, 0.05) is 6.54 Å². The third-order valence-corrected chi connectivity index (χ3v) is 3.28. The molecule has 0 aromatic heterocycles. The fraction of sp³-hybridized carbons (Fsp3) is 0.188. The molecular formula is C16H18N2O2. The first-order valence-corrected chi connectivity index (χ1v) is 6.49.